The molecule has 1 aromatic carbocycles. The Morgan fingerprint density at radius 1 is 1.43 bits per heavy atom. The van der Waals surface area contributed by atoms with Gasteiger partial charge in [0.25, 0.3) is 5.69 Å². The van der Waals surface area contributed by atoms with Gasteiger partial charge in [0.05, 0.1) is 16.6 Å². The van der Waals surface area contributed by atoms with E-state index in [1.807, 2.05) is 6.07 Å². The third kappa shape index (κ3) is 3.10. The lowest BCUT2D eigenvalue weighted by Crippen LogP contribution is -2.06. The minimum Gasteiger partial charge on any atom is -0.478 e. The molecule has 1 aromatic heterocycles. The van der Waals surface area contributed by atoms with Crippen LogP contribution in [0, 0.1) is 21.4 Å². The number of aromatic carboxylic acids is 1. The van der Waals surface area contributed by atoms with E-state index in [4.69, 9.17) is 10.4 Å². The molecule has 0 spiro atoms. The van der Waals surface area contributed by atoms with Crippen molar-refractivity contribution in [2.24, 2.45) is 0 Å². The monoisotopic (exact) mass is 284 g/mol. The highest BCUT2D eigenvalue weighted by Gasteiger charge is 2.17. The molecular weight excluding hydrogens is 276 g/mol. The van der Waals surface area contributed by atoms with E-state index in [0.717, 1.165) is 12.3 Å². The van der Waals surface area contributed by atoms with E-state index in [1.165, 1.54) is 6.07 Å². The van der Waals surface area contributed by atoms with Crippen LogP contribution in [0.3, 0.4) is 0 Å². The Balaban J connectivity index is 2.41. The number of benzene rings is 1. The SMILES string of the molecule is N#Cc1cccc(Nc2ncc([N+](=O)[O-])cc2C(=O)O)c1. The lowest BCUT2D eigenvalue weighted by Gasteiger charge is -2.08. The van der Waals surface area contributed by atoms with Gasteiger partial charge in [-0.15, -0.1) is 0 Å². The van der Waals surface area contributed by atoms with Gasteiger partial charge in [-0.25, -0.2) is 9.78 Å². The number of carboxylic acid groups (broad SMARTS) is 1. The van der Waals surface area contributed by atoms with Crippen molar-refractivity contribution in [3.63, 3.8) is 0 Å². The van der Waals surface area contributed by atoms with Crippen LogP contribution in [0.2, 0.25) is 0 Å². The molecule has 0 fully saturated rings. The van der Waals surface area contributed by atoms with Gasteiger partial charge in [0.15, 0.2) is 0 Å². The van der Waals surface area contributed by atoms with Crippen molar-refractivity contribution in [2.75, 3.05) is 5.32 Å². The molecule has 0 unspecified atom stereocenters. The number of nitrogens with zero attached hydrogens (tertiary/aromatic N) is 3. The lowest BCUT2D eigenvalue weighted by molar-refractivity contribution is -0.385. The molecule has 0 aliphatic rings. The predicted molar refractivity (Wildman–Crippen MR) is 72.3 cm³/mol. The Morgan fingerprint density at radius 3 is 2.81 bits per heavy atom. The van der Waals surface area contributed by atoms with Crippen molar-refractivity contribution < 1.29 is 14.8 Å². The Labute approximate surface area is 118 Å². The first-order chi connectivity index (χ1) is 10.0. The van der Waals surface area contributed by atoms with E-state index in [0.29, 0.717) is 11.3 Å². The molecular formula is C13H8N4O4. The Kier molecular flexibility index (Phi) is 3.76. The summed E-state index contributed by atoms with van der Waals surface area (Å²) < 4.78 is 0. The number of hydrogen-bond donors (Lipinski definition) is 2. The summed E-state index contributed by atoms with van der Waals surface area (Å²) in [7, 11) is 0. The maximum Gasteiger partial charge on any atom is 0.339 e. The summed E-state index contributed by atoms with van der Waals surface area (Å²) in [6, 6.07) is 9.21. The fourth-order valence-electron chi connectivity index (χ4n) is 1.62. The second kappa shape index (κ2) is 5.66. The van der Waals surface area contributed by atoms with Gasteiger partial charge in [0, 0.05) is 11.8 Å². The number of anilines is 2. The van der Waals surface area contributed by atoms with E-state index >= 15 is 0 Å². The number of aromatic nitrogens is 1. The van der Waals surface area contributed by atoms with Crippen molar-refractivity contribution in [3.8, 4) is 6.07 Å². The molecule has 8 heteroatoms. The number of carbonyl (C=O) groups is 1. The van der Waals surface area contributed by atoms with E-state index in [9.17, 15) is 14.9 Å². The highest BCUT2D eigenvalue weighted by Crippen LogP contribution is 2.23. The smallest absolute Gasteiger partial charge is 0.339 e. The zero-order valence-corrected chi connectivity index (χ0v) is 10.5. The molecule has 0 aliphatic carbocycles. The van der Waals surface area contributed by atoms with Crippen LogP contribution in [0.25, 0.3) is 0 Å². The molecule has 2 aromatic rings. The molecule has 0 atom stereocenters. The largest absolute Gasteiger partial charge is 0.478 e. The highest BCUT2D eigenvalue weighted by atomic mass is 16.6. The van der Waals surface area contributed by atoms with Crippen LogP contribution in [-0.4, -0.2) is 21.0 Å². The molecule has 0 saturated heterocycles. The average Bonchev–Trinajstić information content (AvgIpc) is 2.47. The maximum atomic E-state index is 11.2. The van der Waals surface area contributed by atoms with Crippen LogP contribution in [-0.2, 0) is 0 Å². The third-order valence-corrected chi connectivity index (χ3v) is 2.57. The normalized spacial score (nSPS) is 9.67. The number of pyridine rings is 1. The van der Waals surface area contributed by atoms with Gasteiger partial charge in [-0.2, -0.15) is 5.26 Å². The molecule has 21 heavy (non-hydrogen) atoms. The summed E-state index contributed by atoms with van der Waals surface area (Å²) in [5.74, 6) is -1.38. The van der Waals surface area contributed by atoms with Crippen LogP contribution in [0.4, 0.5) is 17.2 Å². The number of hydrogen-bond acceptors (Lipinski definition) is 6. The van der Waals surface area contributed by atoms with Crippen molar-refractivity contribution in [1.29, 1.82) is 5.26 Å². The second-order valence-electron chi connectivity index (χ2n) is 3.97. The molecule has 2 rings (SSSR count). The summed E-state index contributed by atoms with van der Waals surface area (Å²) in [4.78, 5) is 24.8. The summed E-state index contributed by atoms with van der Waals surface area (Å²) in [5.41, 5.74) is 0.104. The van der Waals surface area contributed by atoms with Crippen LogP contribution in [0.1, 0.15) is 15.9 Å². The van der Waals surface area contributed by atoms with Crippen LogP contribution < -0.4 is 5.32 Å². The fourth-order valence-corrected chi connectivity index (χ4v) is 1.62. The van der Waals surface area contributed by atoms with Crippen molar-refractivity contribution in [2.45, 2.75) is 0 Å². The minimum absolute atomic E-state index is 0.0387. The summed E-state index contributed by atoms with van der Waals surface area (Å²) >= 11 is 0. The standard InChI is InChI=1S/C13H8N4O4/c14-6-8-2-1-3-9(4-8)16-12-11(13(18)19)5-10(7-15-12)17(20)21/h1-5,7H,(H,15,16)(H,18,19). The van der Waals surface area contributed by atoms with Gasteiger partial charge in [-0.1, -0.05) is 6.07 Å². The van der Waals surface area contributed by atoms with Crippen LogP contribution in [0.15, 0.2) is 36.5 Å². The maximum absolute atomic E-state index is 11.2. The zero-order valence-electron chi connectivity index (χ0n) is 10.5. The number of rotatable bonds is 4. The van der Waals surface area contributed by atoms with Crippen LogP contribution in [0.5, 0.6) is 0 Å². The van der Waals surface area contributed by atoms with Crippen molar-refractivity contribution >= 4 is 23.2 Å². The molecule has 0 bridgehead atoms. The van der Waals surface area contributed by atoms with Gasteiger partial charge >= 0.3 is 5.97 Å². The van der Waals surface area contributed by atoms with Crippen molar-refractivity contribution in [1.82, 2.24) is 4.98 Å². The van der Waals surface area contributed by atoms with Gasteiger partial charge in [-0.05, 0) is 18.2 Å². The number of nitro groups is 1. The Morgan fingerprint density at radius 2 is 2.19 bits per heavy atom. The quantitative estimate of drug-likeness (QED) is 0.650. The molecule has 104 valence electrons. The van der Waals surface area contributed by atoms with E-state index in [2.05, 4.69) is 10.3 Å². The van der Waals surface area contributed by atoms with E-state index in [1.54, 1.807) is 18.2 Å². The van der Waals surface area contributed by atoms with Gasteiger partial charge in [0.1, 0.15) is 17.6 Å². The lowest BCUT2D eigenvalue weighted by atomic mass is 10.2. The molecule has 0 saturated carbocycles. The molecule has 0 amide bonds. The minimum atomic E-state index is -1.34. The topological polar surface area (TPSA) is 129 Å². The second-order valence-corrected chi connectivity index (χ2v) is 3.97. The first kappa shape index (κ1) is 14.0. The van der Waals surface area contributed by atoms with E-state index in [-0.39, 0.29) is 11.4 Å². The first-order valence-corrected chi connectivity index (χ1v) is 5.66. The summed E-state index contributed by atoms with van der Waals surface area (Å²) in [5, 5.41) is 31.3. The molecule has 0 radical (unpaired) electrons. The average molecular weight is 284 g/mol. The van der Waals surface area contributed by atoms with Gasteiger partial charge in [0.2, 0.25) is 0 Å². The number of nitriles is 1. The Bertz CT molecular complexity index is 767. The van der Waals surface area contributed by atoms with E-state index < -0.39 is 16.6 Å². The first-order valence-electron chi connectivity index (χ1n) is 5.66. The van der Waals surface area contributed by atoms with Gasteiger partial charge < -0.3 is 10.4 Å². The fraction of sp³-hybridized carbons (Fsp3) is 0. The third-order valence-electron chi connectivity index (χ3n) is 2.57. The zero-order chi connectivity index (χ0) is 15.4. The molecule has 8 nitrogen and oxygen atoms in total. The number of carboxylic acids is 1. The van der Waals surface area contributed by atoms with Gasteiger partial charge in [-0.3, -0.25) is 10.1 Å². The number of nitrogens with one attached hydrogen (secondary N) is 1. The molecule has 0 aliphatic heterocycles. The Hall–Kier alpha value is -3.47. The molecule has 1 heterocycles. The summed E-state index contributed by atoms with van der Waals surface area (Å²) in [6.07, 6.45) is 0.961. The summed E-state index contributed by atoms with van der Waals surface area (Å²) in [6.45, 7) is 0. The highest BCUT2D eigenvalue weighted by molar-refractivity contribution is 5.94. The van der Waals surface area contributed by atoms with Crippen molar-refractivity contribution in [3.05, 3.63) is 57.8 Å². The van der Waals surface area contributed by atoms with Crippen LogP contribution >= 0.6 is 0 Å². The molecule has 2 N–H and O–H groups in total. The predicted octanol–water partition coefficient (Wildman–Crippen LogP) is 2.30.